The first-order valence-electron chi connectivity index (χ1n) is 7.86. The molecular weight excluding hydrogens is 350 g/mol. The van der Waals surface area contributed by atoms with E-state index in [1.807, 2.05) is 20.8 Å². The molecule has 0 atom stereocenters. The number of carbonyl (C=O) groups is 1. The summed E-state index contributed by atoms with van der Waals surface area (Å²) in [4.78, 5) is 13.8. The molecule has 0 unspecified atom stereocenters. The van der Waals surface area contributed by atoms with Crippen LogP contribution in [0.2, 0.25) is 5.02 Å². The summed E-state index contributed by atoms with van der Waals surface area (Å²) in [7, 11) is -3.40. The summed E-state index contributed by atoms with van der Waals surface area (Å²) in [6, 6.07) is 6.64. The van der Waals surface area contributed by atoms with E-state index in [0.29, 0.717) is 36.8 Å². The van der Waals surface area contributed by atoms with Crippen molar-refractivity contribution in [3.8, 4) is 0 Å². The van der Waals surface area contributed by atoms with Crippen LogP contribution in [-0.2, 0) is 15.8 Å². The van der Waals surface area contributed by atoms with Gasteiger partial charge in [0.15, 0.2) is 0 Å². The predicted molar refractivity (Wildman–Crippen MR) is 95.5 cm³/mol. The number of rotatable bonds is 3. The monoisotopic (exact) mass is 373 g/mol. The van der Waals surface area contributed by atoms with E-state index in [0.717, 1.165) is 0 Å². The topological polar surface area (TPSA) is 69.7 Å². The zero-order valence-electron chi connectivity index (χ0n) is 14.3. The van der Waals surface area contributed by atoms with Crippen molar-refractivity contribution in [2.45, 2.75) is 32.1 Å². The number of carbonyl (C=O) groups excluding carboxylic acids is 1. The third kappa shape index (κ3) is 5.36. The number of benzene rings is 1. The number of hydrogen-bond acceptors (Lipinski definition) is 3. The molecule has 0 saturated carbocycles. The lowest BCUT2D eigenvalue weighted by atomic mass is 10.1. The van der Waals surface area contributed by atoms with Crippen molar-refractivity contribution in [1.82, 2.24) is 14.5 Å². The molecule has 0 aromatic heterocycles. The summed E-state index contributed by atoms with van der Waals surface area (Å²) < 4.78 is 26.5. The largest absolute Gasteiger partial charge is 0.333 e. The molecule has 1 aromatic rings. The maximum atomic E-state index is 12.5. The van der Waals surface area contributed by atoms with Gasteiger partial charge >= 0.3 is 6.03 Å². The minimum atomic E-state index is -3.40. The van der Waals surface area contributed by atoms with E-state index >= 15 is 0 Å². The van der Waals surface area contributed by atoms with E-state index in [2.05, 4.69) is 5.32 Å². The van der Waals surface area contributed by atoms with Gasteiger partial charge in [-0.2, -0.15) is 4.31 Å². The molecule has 1 heterocycles. The van der Waals surface area contributed by atoms with Crippen LogP contribution in [0.15, 0.2) is 24.3 Å². The molecule has 1 fully saturated rings. The first-order valence-corrected chi connectivity index (χ1v) is 9.85. The minimum Gasteiger partial charge on any atom is -0.333 e. The van der Waals surface area contributed by atoms with Crippen LogP contribution in [-0.4, -0.2) is 55.4 Å². The lowest BCUT2D eigenvalue weighted by Gasteiger charge is -2.35. The third-order valence-electron chi connectivity index (χ3n) is 3.66. The van der Waals surface area contributed by atoms with Crippen molar-refractivity contribution >= 4 is 27.7 Å². The average Bonchev–Trinajstić information content (AvgIpc) is 2.48. The van der Waals surface area contributed by atoms with Crippen molar-refractivity contribution in [2.24, 2.45) is 0 Å². The molecule has 0 spiro atoms. The number of urea groups is 1. The summed E-state index contributed by atoms with van der Waals surface area (Å²) in [5.74, 6) is -0.0572. The van der Waals surface area contributed by atoms with Gasteiger partial charge in [-0.3, -0.25) is 0 Å². The standard InChI is InChI=1S/C16H24ClN3O3S/c1-16(2,3)18-15(21)19-8-10-20(11-9-19)24(22,23)12-13-4-6-14(17)7-5-13/h4-7H,8-12H2,1-3H3,(H,18,21). The molecular formula is C16H24ClN3O3S. The second kappa shape index (κ2) is 7.29. The Morgan fingerprint density at radius 2 is 1.67 bits per heavy atom. The van der Waals surface area contributed by atoms with E-state index in [9.17, 15) is 13.2 Å². The Balaban J connectivity index is 1.93. The fourth-order valence-corrected chi connectivity index (χ4v) is 4.09. The number of piperazine rings is 1. The summed E-state index contributed by atoms with van der Waals surface area (Å²) >= 11 is 5.82. The van der Waals surface area contributed by atoms with Crippen LogP contribution >= 0.6 is 11.6 Å². The van der Waals surface area contributed by atoms with E-state index < -0.39 is 10.0 Å². The molecule has 134 valence electrons. The molecule has 1 saturated heterocycles. The van der Waals surface area contributed by atoms with Crippen LogP contribution in [0.5, 0.6) is 0 Å². The smallest absolute Gasteiger partial charge is 0.317 e. The third-order valence-corrected chi connectivity index (χ3v) is 5.77. The summed E-state index contributed by atoms with van der Waals surface area (Å²) in [5, 5.41) is 3.47. The molecule has 1 aromatic carbocycles. The van der Waals surface area contributed by atoms with E-state index in [1.54, 1.807) is 29.2 Å². The van der Waals surface area contributed by atoms with Gasteiger partial charge in [-0.1, -0.05) is 23.7 Å². The van der Waals surface area contributed by atoms with Gasteiger partial charge in [-0.05, 0) is 38.5 Å². The Hall–Kier alpha value is -1.31. The molecule has 1 aliphatic rings. The summed E-state index contributed by atoms with van der Waals surface area (Å²) in [5.41, 5.74) is 0.391. The van der Waals surface area contributed by atoms with E-state index in [-0.39, 0.29) is 17.3 Å². The van der Waals surface area contributed by atoms with Crippen molar-refractivity contribution < 1.29 is 13.2 Å². The number of amides is 2. The van der Waals surface area contributed by atoms with Gasteiger partial charge in [-0.25, -0.2) is 13.2 Å². The second-order valence-corrected chi connectivity index (χ2v) is 9.35. The first-order chi connectivity index (χ1) is 11.1. The van der Waals surface area contributed by atoms with E-state index in [4.69, 9.17) is 11.6 Å². The SMILES string of the molecule is CC(C)(C)NC(=O)N1CCN(S(=O)(=O)Cc2ccc(Cl)cc2)CC1. The first kappa shape index (κ1) is 19.0. The molecule has 0 aliphatic carbocycles. The Kier molecular flexibility index (Phi) is 5.78. The highest BCUT2D eigenvalue weighted by Gasteiger charge is 2.29. The molecule has 1 N–H and O–H groups in total. The van der Waals surface area contributed by atoms with Gasteiger partial charge in [0.2, 0.25) is 10.0 Å². The molecule has 0 radical (unpaired) electrons. The van der Waals surface area contributed by atoms with Crippen LogP contribution in [0.25, 0.3) is 0 Å². The lowest BCUT2D eigenvalue weighted by Crippen LogP contribution is -2.56. The molecule has 2 amide bonds. The highest BCUT2D eigenvalue weighted by molar-refractivity contribution is 7.88. The highest BCUT2D eigenvalue weighted by Crippen LogP contribution is 2.16. The molecule has 0 bridgehead atoms. The van der Waals surface area contributed by atoms with Crippen molar-refractivity contribution in [3.05, 3.63) is 34.9 Å². The van der Waals surface area contributed by atoms with Crippen LogP contribution in [0.1, 0.15) is 26.3 Å². The lowest BCUT2D eigenvalue weighted by molar-refractivity contribution is 0.165. The maximum Gasteiger partial charge on any atom is 0.317 e. The molecule has 6 nitrogen and oxygen atoms in total. The van der Waals surface area contributed by atoms with Gasteiger partial charge in [-0.15, -0.1) is 0 Å². The Morgan fingerprint density at radius 3 is 2.17 bits per heavy atom. The van der Waals surface area contributed by atoms with E-state index in [1.165, 1.54) is 4.31 Å². The van der Waals surface area contributed by atoms with Gasteiger partial charge in [0.05, 0.1) is 5.75 Å². The van der Waals surface area contributed by atoms with Crippen molar-refractivity contribution in [2.75, 3.05) is 26.2 Å². The predicted octanol–water partition coefficient (Wildman–Crippen LogP) is 2.30. The number of hydrogen-bond donors (Lipinski definition) is 1. The molecule has 1 aliphatic heterocycles. The normalized spacial score (nSPS) is 16.9. The number of sulfonamides is 1. The number of nitrogens with zero attached hydrogens (tertiary/aromatic N) is 2. The fourth-order valence-electron chi connectivity index (χ4n) is 2.45. The fraction of sp³-hybridized carbons (Fsp3) is 0.562. The van der Waals surface area contributed by atoms with Gasteiger partial charge in [0.25, 0.3) is 0 Å². The van der Waals surface area contributed by atoms with Gasteiger partial charge in [0, 0.05) is 36.7 Å². The van der Waals surface area contributed by atoms with Gasteiger partial charge < -0.3 is 10.2 Å². The Morgan fingerprint density at radius 1 is 1.12 bits per heavy atom. The zero-order chi connectivity index (χ0) is 18.0. The number of halogens is 1. The number of nitrogens with one attached hydrogen (secondary N) is 1. The summed E-state index contributed by atoms with van der Waals surface area (Å²) in [6.07, 6.45) is 0. The Labute approximate surface area is 148 Å². The van der Waals surface area contributed by atoms with Crippen LogP contribution < -0.4 is 5.32 Å². The van der Waals surface area contributed by atoms with Crippen LogP contribution in [0, 0.1) is 0 Å². The molecule has 24 heavy (non-hydrogen) atoms. The summed E-state index contributed by atoms with van der Waals surface area (Å²) in [6.45, 7) is 7.15. The quantitative estimate of drug-likeness (QED) is 0.883. The minimum absolute atomic E-state index is 0.0572. The molecule has 2 rings (SSSR count). The molecule has 8 heteroatoms. The zero-order valence-corrected chi connectivity index (χ0v) is 15.8. The second-order valence-electron chi connectivity index (χ2n) is 6.95. The highest BCUT2D eigenvalue weighted by atomic mass is 35.5. The van der Waals surface area contributed by atoms with Gasteiger partial charge in [0.1, 0.15) is 0 Å². The van der Waals surface area contributed by atoms with Crippen molar-refractivity contribution in [1.29, 1.82) is 0 Å². The van der Waals surface area contributed by atoms with Crippen LogP contribution in [0.3, 0.4) is 0 Å². The Bertz CT molecular complexity index is 676. The van der Waals surface area contributed by atoms with Crippen LogP contribution in [0.4, 0.5) is 4.79 Å². The van der Waals surface area contributed by atoms with Crippen molar-refractivity contribution in [3.63, 3.8) is 0 Å². The maximum absolute atomic E-state index is 12.5. The average molecular weight is 374 g/mol.